The largest absolute Gasteiger partial charge is 0.272 e. The van der Waals surface area contributed by atoms with Crippen molar-refractivity contribution in [1.82, 2.24) is 15.4 Å². The summed E-state index contributed by atoms with van der Waals surface area (Å²) >= 11 is 0. The van der Waals surface area contributed by atoms with Gasteiger partial charge in [0.2, 0.25) is 0 Å². The first-order valence-corrected chi connectivity index (χ1v) is 10.2. The zero-order valence-electron chi connectivity index (χ0n) is 16.0. The van der Waals surface area contributed by atoms with Crippen LogP contribution in [0.5, 0.6) is 0 Å². The zero-order valence-corrected chi connectivity index (χ0v) is 16.0. The average Bonchev–Trinajstić information content (AvgIpc) is 3.05. The van der Waals surface area contributed by atoms with Gasteiger partial charge in [0, 0.05) is 29.8 Å². The Hall–Kier alpha value is -3.54. The van der Waals surface area contributed by atoms with Gasteiger partial charge in [-0.3, -0.25) is 24.8 Å². The molecule has 3 amide bonds. The third-order valence-corrected chi connectivity index (χ3v) is 7.09. The Labute approximate surface area is 173 Å². The molecule has 1 saturated carbocycles. The molecule has 0 radical (unpaired) electrons. The van der Waals surface area contributed by atoms with Crippen molar-refractivity contribution < 1.29 is 14.4 Å². The van der Waals surface area contributed by atoms with Gasteiger partial charge < -0.3 is 0 Å². The minimum absolute atomic E-state index is 0.0679. The lowest BCUT2D eigenvalue weighted by Crippen LogP contribution is -2.49. The summed E-state index contributed by atoms with van der Waals surface area (Å²) in [4.78, 5) is 43.4. The zero-order chi connectivity index (χ0) is 20.4. The van der Waals surface area contributed by atoms with E-state index in [2.05, 4.69) is 34.7 Å². The van der Waals surface area contributed by atoms with Crippen molar-refractivity contribution in [2.75, 3.05) is 0 Å². The maximum atomic E-state index is 13.4. The van der Waals surface area contributed by atoms with E-state index >= 15 is 0 Å². The lowest BCUT2D eigenvalue weighted by atomic mass is 9.48. The van der Waals surface area contributed by atoms with Crippen LogP contribution in [0.2, 0.25) is 0 Å². The van der Waals surface area contributed by atoms with E-state index in [-0.39, 0.29) is 35.5 Å². The fourth-order valence-corrected chi connectivity index (χ4v) is 6.01. The summed E-state index contributed by atoms with van der Waals surface area (Å²) in [6.07, 6.45) is 11.4. The molecule has 2 aromatic rings. The molecule has 7 rings (SSSR count). The molecule has 1 N–H and O–H groups in total. The number of nitrogens with zero attached hydrogens (tertiary/aromatic N) is 2. The maximum Gasteiger partial charge on any atom is 0.270 e. The number of pyridine rings is 1. The predicted octanol–water partition coefficient (Wildman–Crippen LogP) is 2.58. The molecule has 148 valence electrons. The molecule has 30 heavy (non-hydrogen) atoms. The highest BCUT2D eigenvalue weighted by atomic mass is 16.2. The van der Waals surface area contributed by atoms with E-state index in [4.69, 9.17) is 0 Å². The second-order valence-electron chi connectivity index (χ2n) is 8.35. The number of benzene rings is 1. The third-order valence-electron chi connectivity index (χ3n) is 7.09. The number of amides is 3. The van der Waals surface area contributed by atoms with Crippen molar-refractivity contribution in [1.29, 1.82) is 0 Å². The van der Waals surface area contributed by atoms with Crippen LogP contribution in [0, 0.1) is 23.7 Å². The van der Waals surface area contributed by atoms with Gasteiger partial charge in [0.25, 0.3) is 17.7 Å². The van der Waals surface area contributed by atoms with Crippen molar-refractivity contribution in [3.05, 3.63) is 89.8 Å². The normalized spacial score (nSPS) is 32.6. The number of allylic oxidation sites excluding steroid dienone is 4. The summed E-state index contributed by atoms with van der Waals surface area (Å²) in [6, 6.07) is 11.3. The minimum atomic E-state index is -0.486. The van der Waals surface area contributed by atoms with Gasteiger partial charge in [-0.1, -0.05) is 48.6 Å². The molecule has 1 aromatic heterocycles. The van der Waals surface area contributed by atoms with Crippen LogP contribution in [0.3, 0.4) is 0 Å². The van der Waals surface area contributed by atoms with Gasteiger partial charge in [0.05, 0.1) is 11.8 Å². The number of carbonyl (C=O) groups excluding carboxylic acids is 3. The molecule has 2 bridgehead atoms. The fraction of sp³-hybridized carbons (Fsp3) is 0.250. The van der Waals surface area contributed by atoms with Crippen LogP contribution in [-0.4, -0.2) is 27.7 Å². The Bertz CT molecular complexity index is 1080. The number of carbonyl (C=O) groups is 3. The number of hydrazine groups is 1. The molecule has 6 nitrogen and oxygen atoms in total. The summed E-state index contributed by atoms with van der Waals surface area (Å²) in [5.41, 5.74) is 5.23. The van der Waals surface area contributed by atoms with Gasteiger partial charge in [-0.15, -0.1) is 0 Å². The maximum absolute atomic E-state index is 13.4. The molecule has 6 heteroatoms. The number of hydrogen-bond acceptors (Lipinski definition) is 4. The van der Waals surface area contributed by atoms with E-state index in [1.165, 1.54) is 12.4 Å². The SMILES string of the molecule is O=C(NN1C(=O)[C@@H]2[C@H](C1=O)[C@@H]1c3ccccc3[C@@H]2[C@H]2C=CC=C[C@H]21)c1ccncc1. The van der Waals surface area contributed by atoms with E-state index in [0.717, 1.165) is 16.1 Å². The van der Waals surface area contributed by atoms with Crippen molar-refractivity contribution in [3.8, 4) is 0 Å². The van der Waals surface area contributed by atoms with Crippen LogP contribution in [-0.2, 0) is 9.59 Å². The molecule has 0 spiro atoms. The summed E-state index contributed by atoms with van der Waals surface area (Å²) in [7, 11) is 0. The van der Waals surface area contributed by atoms with Crippen LogP contribution in [0.15, 0.2) is 73.1 Å². The Kier molecular flexibility index (Phi) is 3.60. The predicted molar refractivity (Wildman–Crippen MR) is 108 cm³/mol. The Morgan fingerprint density at radius 1 is 0.800 bits per heavy atom. The molecule has 2 heterocycles. The quantitative estimate of drug-likeness (QED) is 0.790. The van der Waals surface area contributed by atoms with Crippen molar-refractivity contribution in [2.24, 2.45) is 23.7 Å². The van der Waals surface area contributed by atoms with Crippen LogP contribution in [0.1, 0.15) is 33.3 Å². The molecule has 1 aromatic carbocycles. The van der Waals surface area contributed by atoms with Crippen LogP contribution in [0.4, 0.5) is 0 Å². The first kappa shape index (κ1) is 17.3. The highest BCUT2D eigenvalue weighted by molar-refractivity contribution is 6.09. The van der Waals surface area contributed by atoms with Gasteiger partial charge in [-0.25, -0.2) is 0 Å². The van der Waals surface area contributed by atoms with Gasteiger partial charge in [-0.05, 0) is 35.1 Å². The monoisotopic (exact) mass is 397 g/mol. The topological polar surface area (TPSA) is 79.4 Å². The highest BCUT2D eigenvalue weighted by Gasteiger charge is 2.65. The van der Waals surface area contributed by atoms with Gasteiger partial charge in [-0.2, -0.15) is 5.01 Å². The number of nitrogens with one attached hydrogen (secondary N) is 1. The van der Waals surface area contributed by atoms with Gasteiger partial charge in [0.15, 0.2) is 0 Å². The standard InChI is InChI=1S/C24H19N3O3/c28-22(13-9-11-25-12-10-13)26-27-23(29)20-18-14-5-1-2-6-15(14)19(21(20)24(27)30)17-8-4-3-7-16(17)18/h1-12,14-15,18-21H,(H,26,28)/t14-,15+,18-,19-,20-,21+/m0/s1. The highest BCUT2D eigenvalue weighted by Crippen LogP contribution is 2.64. The van der Waals surface area contributed by atoms with Crippen molar-refractivity contribution in [3.63, 3.8) is 0 Å². The van der Waals surface area contributed by atoms with Gasteiger partial charge in [0.1, 0.15) is 0 Å². The summed E-state index contributed by atoms with van der Waals surface area (Å²) in [6.45, 7) is 0. The number of imide groups is 1. The molecular formula is C24H19N3O3. The molecule has 6 atom stereocenters. The van der Waals surface area contributed by atoms with E-state index < -0.39 is 17.7 Å². The smallest absolute Gasteiger partial charge is 0.270 e. The first-order valence-electron chi connectivity index (χ1n) is 10.2. The summed E-state index contributed by atoms with van der Waals surface area (Å²) in [5.74, 6) is -1.77. The Morgan fingerprint density at radius 2 is 1.33 bits per heavy atom. The van der Waals surface area contributed by atoms with Crippen molar-refractivity contribution in [2.45, 2.75) is 11.8 Å². The van der Waals surface area contributed by atoms with Crippen LogP contribution in [0.25, 0.3) is 0 Å². The van der Waals surface area contributed by atoms with E-state index in [0.29, 0.717) is 5.56 Å². The van der Waals surface area contributed by atoms with Crippen LogP contribution < -0.4 is 5.43 Å². The average molecular weight is 397 g/mol. The van der Waals surface area contributed by atoms with E-state index in [9.17, 15) is 14.4 Å². The van der Waals surface area contributed by atoms with E-state index in [1.807, 2.05) is 24.3 Å². The summed E-state index contributed by atoms with van der Waals surface area (Å²) in [5, 5.41) is 0.967. The molecule has 4 aliphatic carbocycles. The minimum Gasteiger partial charge on any atom is -0.272 e. The Balaban J connectivity index is 1.41. The molecule has 1 saturated heterocycles. The molecule has 1 aliphatic heterocycles. The molecular weight excluding hydrogens is 378 g/mol. The second kappa shape index (κ2) is 6.23. The third kappa shape index (κ3) is 2.19. The Morgan fingerprint density at radius 3 is 1.87 bits per heavy atom. The van der Waals surface area contributed by atoms with Crippen molar-refractivity contribution >= 4 is 17.7 Å². The first-order chi connectivity index (χ1) is 14.7. The molecule has 0 unspecified atom stereocenters. The number of rotatable bonds is 2. The van der Waals surface area contributed by atoms with Crippen LogP contribution >= 0.6 is 0 Å². The lowest BCUT2D eigenvalue weighted by molar-refractivity contribution is -0.142. The molecule has 2 fully saturated rings. The second-order valence-corrected chi connectivity index (χ2v) is 8.35. The van der Waals surface area contributed by atoms with E-state index in [1.54, 1.807) is 12.1 Å². The summed E-state index contributed by atoms with van der Waals surface area (Å²) < 4.78 is 0. The number of hydrogen-bond donors (Lipinski definition) is 1. The van der Waals surface area contributed by atoms with Gasteiger partial charge >= 0.3 is 0 Å². The molecule has 5 aliphatic rings. The fourth-order valence-electron chi connectivity index (χ4n) is 6.01. The lowest BCUT2D eigenvalue weighted by Gasteiger charge is -2.53. The number of aromatic nitrogens is 1.